The zero-order valence-corrected chi connectivity index (χ0v) is 13.0. The van der Waals surface area contributed by atoms with Gasteiger partial charge >= 0.3 is 0 Å². The van der Waals surface area contributed by atoms with Gasteiger partial charge in [-0.2, -0.15) is 0 Å². The lowest BCUT2D eigenvalue weighted by molar-refractivity contribution is 0.508. The van der Waals surface area contributed by atoms with Crippen LogP contribution in [0.3, 0.4) is 0 Å². The highest BCUT2D eigenvalue weighted by Crippen LogP contribution is 2.02. The van der Waals surface area contributed by atoms with Crippen LogP contribution >= 0.6 is 15.9 Å². The maximum Gasteiger partial charge on any atom is 0.267 e. The van der Waals surface area contributed by atoms with Crippen LogP contribution in [0.1, 0.15) is 32.5 Å². The van der Waals surface area contributed by atoms with Crippen molar-refractivity contribution in [2.24, 2.45) is 5.92 Å². The van der Waals surface area contributed by atoms with E-state index in [1.165, 1.54) is 12.8 Å². The molecule has 0 radical (unpaired) electrons. The molecule has 4 nitrogen and oxygen atoms in total. The lowest BCUT2D eigenvalue weighted by Gasteiger charge is -2.10. The molecule has 1 heterocycles. The molecule has 102 valence electrons. The molecule has 0 saturated heterocycles. The standard InChI is InChI=1S/C13H22BrN3O/c1-10(2)5-4-6-15-7-8-17-11(3)16-9-12(14)13(17)18/h9-10,15H,4-8H2,1-3H3. The molecule has 1 rings (SSSR count). The van der Waals surface area contributed by atoms with Gasteiger partial charge in [-0.15, -0.1) is 0 Å². The normalized spacial score (nSPS) is 11.2. The number of hydrogen-bond donors (Lipinski definition) is 1. The van der Waals surface area contributed by atoms with Crippen molar-refractivity contribution >= 4 is 15.9 Å². The van der Waals surface area contributed by atoms with Crippen molar-refractivity contribution in [3.63, 3.8) is 0 Å². The molecule has 0 aromatic carbocycles. The number of hydrogen-bond acceptors (Lipinski definition) is 3. The summed E-state index contributed by atoms with van der Waals surface area (Å²) in [6.07, 6.45) is 3.98. The lowest BCUT2D eigenvalue weighted by atomic mass is 10.1. The number of nitrogens with zero attached hydrogens (tertiary/aromatic N) is 2. The van der Waals surface area contributed by atoms with E-state index in [0.29, 0.717) is 11.0 Å². The minimum Gasteiger partial charge on any atom is -0.315 e. The van der Waals surface area contributed by atoms with Crippen LogP contribution in [0.25, 0.3) is 0 Å². The summed E-state index contributed by atoms with van der Waals surface area (Å²) in [6.45, 7) is 8.79. The molecule has 0 aliphatic carbocycles. The molecule has 1 aromatic heterocycles. The average Bonchev–Trinajstić information content (AvgIpc) is 2.32. The molecular weight excluding hydrogens is 294 g/mol. The van der Waals surface area contributed by atoms with E-state index < -0.39 is 0 Å². The Hall–Kier alpha value is -0.680. The summed E-state index contributed by atoms with van der Waals surface area (Å²) in [5.74, 6) is 1.51. The predicted octanol–water partition coefficient (Wildman–Crippen LogP) is 2.34. The SMILES string of the molecule is Cc1ncc(Br)c(=O)n1CCNCCCC(C)C. The molecule has 0 unspecified atom stereocenters. The molecular formula is C13H22BrN3O. The van der Waals surface area contributed by atoms with E-state index in [1.807, 2.05) is 6.92 Å². The fraction of sp³-hybridized carbons (Fsp3) is 0.692. The number of aromatic nitrogens is 2. The zero-order valence-electron chi connectivity index (χ0n) is 11.4. The first kappa shape index (κ1) is 15.4. The van der Waals surface area contributed by atoms with Crippen molar-refractivity contribution in [1.29, 1.82) is 0 Å². The molecule has 5 heteroatoms. The van der Waals surface area contributed by atoms with Crippen LogP contribution in [-0.4, -0.2) is 22.6 Å². The average molecular weight is 316 g/mol. The summed E-state index contributed by atoms with van der Waals surface area (Å²) in [6, 6.07) is 0. The predicted molar refractivity (Wildman–Crippen MR) is 77.9 cm³/mol. The fourth-order valence-electron chi connectivity index (χ4n) is 1.77. The Kier molecular flexibility index (Phi) is 6.57. The highest BCUT2D eigenvalue weighted by molar-refractivity contribution is 9.10. The van der Waals surface area contributed by atoms with Crippen LogP contribution in [0.4, 0.5) is 0 Å². The van der Waals surface area contributed by atoms with Crippen molar-refractivity contribution in [1.82, 2.24) is 14.9 Å². The second kappa shape index (κ2) is 7.69. The van der Waals surface area contributed by atoms with Crippen molar-refractivity contribution in [2.75, 3.05) is 13.1 Å². The van der Waals surface area contributed by atoms with E-state index in [9.17, 15) is 4.79 Å². The van der Waals surface area contributed by atoms with Gasteiger partial charge in [0.2, 0.25) is 0 Å². The summed E-state index contributed by atoms with van der Waals surface area (Å²) in [7, 11) is 0. The molecule has 0 saturated carbocycles. The zero-order chi connectivity index (χ0) is 13.5. The van der Waals surface area contributed by atoms with Crippen molar-refractivity contribution in [2.45, 2.75) is 40.2 Å². The Bertz CT molecular complexity index is 429. The molecule has 0 aliphatic rings. The first-order valence-corrected chi connectivity index (χ1v) is 7.24. The van der Waals surface area contributed by atoms with Gasteiger partial charge in [0.25, 0.3) is 5.56 Å². The van der Waals surface area contributed by atoms with E-state index in [0.717, 1.165) is 24.8 Å². The third kappa shape index (κ3) is 4.90. The van der Waals surface area contributed by atoms with Crippen LogP contribution < -0.4 is 10.9 Å². The summed E-state index contributed by atoms with van der Waals surface area (Å²) in [5.41, 5.74) is -0.00789. The summed E-state index contributed by atoms with van der Waals surface area (Å²) >= 11 is 3.21. The minimum absolute atomic E-state index is 0.00789. The van der Waals surface area contributed by atoms with Gasteiger partial charge in [-0.3, -0.25) is 9.36 Å². The molecule has 0 atom stereocenters. The van der Waals surface area contributed by atoms with Crippen molar-refractivity contribution < 1.29 is 0 Å². The monoisotopic (exact) mass is 315 g/mol. The van der Waals surface area contributed by atoms with Crippen LogP contribution in [0.5, 0.6) is 0 Å². The summed E-state index contributed by atoms with van der Waals surface area (Å²) in [4.78, 5) is 16.0. The van der Waals surface area contributed by atoms with Gasteiger partial charge in [-0.25, -0.2) is 4.98 Å². The number of aryl methyl sites for hydroxylation is 1. The van der Waals surface area contributed by atoms with Crippen LogP contribution in [0.15, 0.2) is 15.5 Å². The van der Waals surface area contributed by atoms with E-state index in [2.05, 4.69) is 40.1 Å². The van der Waals surface area contributed by atoms with Gasteiger partial charge < -0.3 is 5.32 Å². The quantitative estimate of drug-likeness (QED) is 0.786. The molecule has 0 aliphatic heterocycles. The Morgan fingerprint density at radius 2 is 2.17 bits per heavy atom. The van der Waals surface area contributed by atoms with Crippen LogP contribution in [-0.2, 0) is 6.54 Å². The highest BCUT2D eigenvalue weighted by atomic mass is 79.9. The van der Waals surface area contributed by atoms with E-state index in [4.69, 9.17) is 0 Å². The molecule has 1 N–H and O–H groups in total. The first-order valence-electron chi connectivity index (χ1n) is 6.45. The Morgan fingerprint density at radius 1 is 1.44 bits per heavy atom. The summed E-state index contributed by atoms with van der Waals surface area (Å²) in [5, 5.41) is 3.36. The Morgan fingerprint density at radius 3 is 2.83 bits per heavy atom. The lowest BCUT2D eigenvalue weighted by Crippen LogP contribution is -2.30. The van der Waals surface area contributed by atoms with Crippen LogP contribution in [0, 0.1) is 12.8 Å². The molecule has 0 amide bonds. The number of rotatable bonds is 7. The Labute approximate surface area is 117 Å². The maximum absolute atomic E-state index is 11.8. The first-order chi connectivity index (χ1) is 8.52. The van der Waals surface area contributed by atoms with E-state index >= 15 is 0 Å². The topological polar surface area (TPSA) is 46.9 Å². The van der Waals surface area contributed by atoms with E-state index in [-0.39, 0.29) is 5.56 Å². The van der Waals surface area contributed by atoms with Gasteiger partial charge in [0.05, 0.1) is 0 Å². The van der Waals surface area contributed by atoms with Crippen molar-refractivity contribution in [3.05, 3.63) is 26.8 Å². The second-order valence-corrected chi connectivity index (χ2v) is 5.75. The van der Waals surface area contributed by atoms with E-state index in [1.54, 1.807) is 10.8 Å². The van der Waals surface area contributed by atoms with Gasteiger partial charge in [0.15, 0.2) is 0 Å². The fourth-order valence-corrected chi connectivity index (χ4v) is 2.08. The third-order valence-corrected chi connectivity index (χ3v) is 3.40. The number of nitrogens with one attached hydrogen (secondary N) is 1. The Balaban J connectivity index is 2.36. The molecule has 0 spiro atoms. The van der Waals surface area contributed by atoms with Gasteiger partial charge in [-0.1, -0.05) is 13.8 Å². The van der Waals surface area contributed by atoms with Crippen molar-refractivity contribution in [3.8, 4) is 0 Å². The molecule has 1 aromatic rings. The largest absolute Gasteiger partial charge is 0.315 e. The van der Waals surface area contributed by atoms with Gasteiger partial charge in [0, 0.05) is 19.3 Å². The van der Waals surface area contributed by atoms with Gasteiger partial charge in [-0.05, 0) is 48.2 Å². The third-order valence-electron chi connectivity index (χ3n) is 2.85. The summed E-state index contributed by atoms with van der Waals surface area (Å²) < 4.78 is 2.22. The minimum atomic E-state index is -0.00789. The molecule has 0 bridgehead atoms. The maximum atomic E-state index is 11.8. The highest BCUT2D eigenvalue weighted by Gasteiger charge is 2.04. The smallest absolute Gasteiger partial charge is 0.267 e. The molecule has 0 fully saturated rings. The molecule has 18 heavy (non-hydrogen) atoms. The van der Waals surface area contributed by atoms with Gasteiger partial charge in [0.1, 0.15) is 10.3 Å². The number of halogens is 1. The second-order valence-electron chi connectivity index (χ2n) is 4.90. The van der Waals surface area contributed by atoms with Crippen LogP contribution in [0.2, 0.25) is 0 Å².